The Labute approximate surface area is 179 Å². The molecule has 0 fully saturated rings. The number of rotatable bonds is 8. The average molecular weight is 416 g/mol. The Bertz CT molecular complexity index is 1150. The number of hydrogen-bond acceptors (Lipinski definition) is 5. The lowest BCUT2D eigenvalue weighted by Crippen LogP contribution is -2.12. The third-order valence-corrected chi connectivity index (χ3v) is 5.30. The third-order valence-electron chi connectivity index (χ3n) is 4.62. The maximum absolute atomic E-state index is 9.54. The van der Waals surface area contributed by atoms with Gasteiger partial charge in [0.2, 0.25) is 5.88 Å². The first-order chi connectivity index (χ1) is 14.8. The smallest absolute Gasteiger partial charge is 0.212 e. The van der Waals surface area contributed by atoms with Crippen LogP contribution in [0.4, 0.5) is 0 Å². The summed E-state index contributed by atoms with van der Waals surface area (Å²) in [6.45, 7) is 3.40. The highest BCUT2D eigenvalue weighted by molar-refractivity contribution is 7.08. The van der Waals surface area contributed by atoms with E-state index in [1.54, 1.807) is 16.0 Å². The van der Waals surface area contributed by atoms with E-state index in [-0.39, 0.29) is 0 Å². The molecule has 0 saturated carbocycles. The summed E-state index contributed by atoms with van der Waals surface area (Å²) in [5.41, 5.74) is 4.53. The Kier molecular flexibility index (Phi) is 6.11. The lowest BCUT2D eigenvalue weighted by atomic mass is 10.1. The van der Waals surface area contributed by atoms with E-state index in [1.807, 2.05) is 73.0 Å². The first-order valence-corrected chi connectivity index (χ1v) is 10.7. The van der Waals surface area contributed by atoms with Gasteiger partial charge >= 0.3 is 0 Å². The van der Waals surface area contributed by atoms with Crippen molar-refractivity contribution in [3.8, 4) is 40.1 Å². The van der Waals surface area contributed by atoms with Crippen LogP contribution < -0.4 is 9.47 Å². The van der Waals surface area contributed by atoms with E-state index in [0.29, 0.717) is 37.0 Å². The van der Waals surface area contributed by atoms with Crippen molar-refractivity contribution in [3.05, 3.63) is 77.0 Å². The van der Waals surface area contributed by atoms with Crippen molar-refractivity contribution in [3.63, 3.8) is 0 Å². The first-order valence-electron chi connectivity index (χ1n) is 9.74. The molecule has 4 aromatic rings. The summed E-state index contributed by atoms with van der Waals surface area (Å²) in [5.74, 6) is 1.28. The van der Waals surface area contributed by atoms with E-state index >= 15 is 0 Å². The monoisotopic (exact) mass is 415 g/mol. The fourth-order valence-electron chi connectivity index (χ4n) is 3.17. The maximum Gasteiger partial charge on any atom is 0.212 e. The molecule has 0 aliphatic heterocycles. The van der Waals surface area contributed by atoms with E-state index in [0.717, 1.165) is 22.4 Å². The molecule has 0 N–H and O–H groups in total. The molecular formula is C24H21N3O2S. The highest BCUT2D eigenvalue weighted by Gasteiger charge is 2.12. The topological polar surface area (TPSA) is 60.1 Å². The second kappa shape index (κ2) is 9.29. The standard InChI is InChI=1S/C24H21N3O2S/c1-2-28-24-15-22(18-6-4-3-5-7-18)26-27(24)11-12-29-23-9-8-19(14-21(23)16-25)20-10-13-30-17-20/h3-10,13-15,17H,2,11-12H2,1H3. The highest BCUT2D eigenvalue weighted by Crippen LogP contribution is 2.28. The van der Waals surface area contributed by atoms with Crippen molar-refractivity contribution < 1.29 is 9.47 Å². The summed E-state index contributed by atoms with van der Waals surface area (Å²) in [6.07, 6.45) is 0. The van der Waals surface area contributed by atoms with Gasteiger partial charge in [-0.15, -0.1) is 0 Å². The minimum Gasteiger partial charge on any atom is -0.490 e. The van der Waals surface area contributed by atoms with Crippen molar-refractivity contribution in [1.29, 1.82) is 5.26 Å². The molecule has 30 heavy (non-hydrogen) atoms. The van der Waals surface area contributed by atoms with Crippen molar-refractivity contribution in [1.82, 2.24) is 9.78 Å². The number of nitriles is 1. The van der Waals surface area contributed by atoms with Crippen LogP contribution >= 0.6 is 11.3 Å². The van der Waals surface area contributed by atoms with Crippen molar-refractivity contribution >= 4 is 11.3 Å². The van der Waals surface area contributed by atoms with Crippen LogP contribution in [0.5, 0.6) is 11.6 Å². The molecule has 150 valence electrons. The first kappa shape index (κ1) is 19.7. The number of aromatic nitrogens is 2. The maximum atomic E-state index is 9.54. The normalized spacial score (nSPS) is 10.5. The number of benzene rings is 2. The summed E-state index contributed by atoms with van der Waals surface area (Å²) < 4.78 is 13.5. The fourth-order valence-corrected chi connectivity index (χ4v) is 3.83. The van der Waals surface area contributed by atoms with Gasteiger partial charge in [0.1, 0.15) is 18.4 Å². The van der Waals surface area contributed by atoms with Crippen LogP contribution in [0.2, 0.25) is 0 Å². The Morgan fingerprint density at radius 2 is 1.87 bits per heavy atom. The second-order valence-corrected chi connectivity index (χ2v) is 7.35. The summed E-state index contributed by atoms with van der Waals surface area (Å²) in [7, 11) is 0. The van der Waals surface area contributed by atoms with Crippen LogP contribution in [0.3, 0.4) is 0 Å². The lowest BCUT2D eigenvalue weighted by molar-refractivity contribution is 0.259. The van der Waals surface area contributed by atoms with Gasteiger partial charge in [-0.1, -0.05) is 36.4 Å². The molecule has 6 heteroatoms. The zero-order valence-electron chi connectivity index (χ0n) is 16.6. The molecule has 0 radical (unpaired) electrons. The van der Waals surface area contributed by atoms with Gasteiger partial charge in [0.05, 0.1) is 24.4 Å². The van der Waals surface area contributed by atoms with Crippen LogP contribution in [-0.4, -0.2) is 23.0 Å². The molecule has 2 heterocycles. The Hall–Kier alpha value is -3.56. The third kappa shape index (κ3) is 4.37. The van der Waals surface area contributed by atoms with Crippen LogP contribution in [-0.2, 0) is 6.54 Å². The largest absolute Gasteiger partial charge is 0.490 e. The molecule has 0 spiro atoms. The zero-order valence-corrected chi connectivity index (χ0v) is 17.4. The van der Waals surface area contributed by atoms with E-state index < -0.39 is 0 Å². The summed E-state index contributed by atoms with van der Waals surface area (Å²) >= 11 is 1.63. The molecule has 0 saturated heterocycles. The number of hydrogen-bond donors (Lipinski definition) is 0. The molecule has 0 amide bonds. The van der Waals surface area contributed by atoms with E-state index in [2.05, 4.69) is 16.5 Å². The molecule has 2 aromatic carbocycles. The Balaban J connectivity index is 1.48. The van der Waals surface area contributed by atoms with Crippen LogP contribution in [0.15, 0.2) is 71.4 Å². The summed E-state index contributed by atoms with van der Waals surface area (Å²) in [6, 6.07) is 21.9. The van der Waals surface area contributed by atoms with Gasteiger partial charge in [0.15, 0.2) is 0 Å². The number of thiophene rings is 1. The van der Waals surface area contributed by atoms with E-state index in [4.69, 9.17) is 9.47 Å². The molecule has 0 atom stereocenters. The molecule has 2 aromatic heterocycles. The quantitative estimate of drug-likeness (QED) is 0.374. The van der Waals surface area contributed by atoms with Crippen LogP contribution in [0.25, 0.3) is 22.4 Å². The minimum atomic E-state index is 0.377. The highest BCUT2D eigenvalue weighted by atomic mass is 32.1. The van der Waals surface area contributed by atoms with Crippen molar-refractivity contribution in [2.24, 2.45) is 0 Å². The van der Waals surface area contributed by atoms with Gasteiger partial charge in [0, 0.05) is 11.6 Å². The molecule has 0 aliphatic carbocycles. The van der Waals surface area contributed by atoms with Gasteiger partial charge < -0.3 is 9.47 Å². The Morgan fingerprint density at radius 3 is 2.60 bits per heavy atom. The molecule has 0 unspecified atom stereocenters. The van der Waals surface area contributed by atoms with Crippen LogP contribution in [0, 0.1) is 11.3 Å². The molecule has 4 rings (SSSR count). The average Bonchev–Trinajstić information content (AvgIpc) is 3.46. The van der Waals surface area contributed by atoms with Gasteiger partial charge in [0.25, 0.3) is 0 Å². The van der Waals surface area contributed by atoms with Crippen molar-refractivity contribution in [2.75, 3.05) is 13.2 Å². The lowest BCUT2D eigenvalue weighted by Gasteiger charge is -2.11. The number of nitrogens with zero attached hydrogens (tertiary/aromatic N) is 3. The summed E-state index contributed by atoms with van der Waals surface area (Å²) in [5, 5.41) is 18.3. The SMILES string of the molecule is CCOc1cc(-c2ccccc2)nn1CCOc1ccc(-c2ccsc2)cc1C#N. The van der Waals surface area contributed by atoms with Gasteiger partial charge in [-0.3, -0.25) is 0 Å². The second-order valence-electron chi connectivity index (χ2n) is 6.57. The van der Waals surface area contributed by atoms with Gasteiger partial charge in [-0.05, 0) is 47.0 Å². The van der Waals surface area contributed by atoms with Gasteiger partial charge in [-0.25, -0.2) is 4.68 Å². The van der Waals surface area contributed by atoms with Crippen LogP contribution in [0.1, 0.15) is 12.5 Å². The van der Waals surface area contributed by atoms with Crippen molar-refractivity contribution in [2.45, 2.75) is 13.5 Å². The molecule has 0 bridgehead atoms. The minimum absolute atomic E-state index is 0.377. The zero-order chi connectivity index (χ0) is 20.8. The Morgan fingerprint density at radius 1 is 1.00 bits per heavy atom. The van der Waals surface area contributed by atoms with E-state index in [9.17, 15) is 5.26 Å². The molecule has 5 nitrogen and oxygen atoms in total. The number of ether oxygens (including phenoxy) is 2. The summed E-state index contributed by atoms with van der Waals surface area (Å²) in [4.78, 5) is 0. The predicted octanol–water partition coefficient (Wildman–Crippen LogP) is 5.63. The van der Waals surface area contributed by atoms with E-state index in [1.165, 1.54) is 0 Å². The fraction of sp³-hybridized carbons (Fsp3) is 0.167. The molecule has 0 aliphatic rings. The molecular weight excluding hydrogens is 394 g/mol. The van der Waals surface area contributed by atoms with Gasteiger partial charge in [-0.2, -0.15) is 21.7 Å². The predicted molar refractivity (Wildman–Crippen MR) is 119 cm³/mol.